The SMILES string of the molecule is C1CNCCN(CCSC2CC2)C1. The van der Waals surface area contributed by atoms with Gasteiger partial charge in [0, 0.05) is 30.6 Å². The highest BCUT2D eigenvalue weighted by molar-refractivity contribution is 8.00. The van der Waals surface area contributed by atoms with Crippen LogP contribution in [-0.4, -0.2) is 48.6 Å². The van der Waals surface area contributed by atoms with E-state index in [1.165, 1.54) is 57.7 Å². The summed E-state index contributed by atoms with van der Waals surface area (Å²) in [5.74, 6) is 1.35. The van der Waals surface area contributed by atoms with Crippen molar-refractivity contribution in [3.63, 3.8) is 0 Å². The molecule has 1 saturated heterocycles. The maximum Gasteiger partial charge on any atom is 0.0107 e. The standard InChI is InChI=1S/C10H20N2S/c1-4-11-5-7-12(6-1)8-9-13-10-2-3-10/h10-11H,1-9H2. The molecule has 3 heteroatoms. The van der Waals surface area contributed by atoms with Crippen LogP contribution in [0.15, 0.2) is 0 Å². The van der Waals surface area contributed by atoms with Gasteiger partial charge in [-0.25, -0.2) is 0 Å². The predicted molar refractivity (Wildman–Crippen MR) is 59.4 cm³/mol. The summed E-state index contributed by atoms with van der Waals surface area (Å²) in [6.07, 6.45) is 4.28. The highest BCUT2D eigenvalue weighted by Gasteiger charge is 2.21. The van der Waals surface area contributed by atoms with Crippen molar-refractivity contribution >= 4 is 11.8 Å². The minimum Gasteiger partial charge on any atom is -0.315 e. The second-order valence-corrected chi connectivity index (χ2v) is 5.42. The number of nitrogens with one attached hydrogen (secondary N) is 1. The summed E-state index contributed by atoms with van der Waals surface area (Å²) in [6.45, 7) is 6.27. The van der Waals surface area contributed by atoms with Gasteiger partial charge in [0.05, 0.1) is 0 Å². The lowest BCUT2D eigenvalue weighted by Gasteiger charge is -2.18. The molecule has 2 aliphatic rings. The summed E-state index contributed by atoms with van der Waals surface area (Å²) in [6, 6.07) is 0. The van der Waals surface area contributed by atoms with Crippen LogP contribution in [-0.2, 0) is 0 Å². The lowest BCUT2D eigenvalue weighted by Crippen LogP contribution is -2.30. The molecule has 0 bridgehead atoms. The number of rotatable bonds is 4. The van der Waals surface area contributed by atoms with Crippen molar-refractivity contribution in [1.29, 1.82) is 0 Å². The molecular formula is C10H20N2S. The fourth-order valence-corrected chi connectivity index (χ4v) is 2.87. The van der Waals surface area contributed by atoms with E-state index in [9.17, 15) is 0 Å². The van der Waals surface area contributed by atoms with Gasteiger partial charge >= 0.3 is 0 Å². The normalized spacial score (nSPS) is 25.8. The van der Waals surface area contributed by atoms with E-state index in [0.29, 0.717) is 0 Å². The van der Waals surface area contributed by atoms with Crippen molar-refractivity contribution in [3.8, 4) is 0 Å². The molecule has 1 saturated carbocycles. The zero-order valence-corrected chi connectivity index (χ0v) is 9.11. The molecule has 1 N–H and O–H groups in total. The first kappa shape index (κ1) is 9.81. The smallest absolute Gasteiger partial charge is 0.0107 e. The topological polar surface area (TPSA) is 15.3 Å². The van der Waals surface area contributed by atoms with E-state index in [2.05, 4.69) is 22.0 Å². The fraction of sp³-hybridized carbons (Fsp3) is 1.00. The molecule has 76 valence electrons. The minimum absolute atomic E-state index is 1.03. The van der Waals surface area contributed by atoms with E-state index < -0.39 is 0 Å². The van der Waals surface area contributed by atoms with E-state index in [4.69, 9.17) is 0 Å². The van der Waals surface area contributed by atoms with Crippen molar-refractivity contribution in [2.75, 3.05) is 38.5 Å². The summed E-state index contributed by atoms with van der Waals surface area (Å²) in [4.78, 5) is 2.61. The van der Waals surface area contributed by atoms with E-state index >= 15 is 0 Å². The van der Waals surface area contributed by atoms with Crippen molar-refractivity contribution < 1.29 is 0 Å². The molecule has 0 spiro atoms. The molecule has 0 aromatic rings. The molecule has 0 aromatic carbocycles. The van der Waals surface area contributed by atoms with Gasteiger partial charge in [-0.15, -0.1) is 0 Å². The molecule has 0 atom stereocenters. The summed E-state index contributed by atoms with van der Waals surface area (Å²) >= 11 is 2.18. The van der Waals surface area contributed by atoms with Crippen LogP contribution in [0.5, 0.6) is 0 Å². The first-order valence-electron chi connectivity index (χ1n) is 5.50. The number of hydrogen-bond donors (Lipinski definition) is 1. The van der Waals surface area contributed by atoms with Crippen LogP contribution in [0.25, 0.3) is 0 Å². The number of hydrogen-bond acceptors (Lipinski definition) is 3. The highest BCUT2D eigenvalue weighted by atomic mass is 32.2. The van der Waals surface area contributed by atoms with Gasteiger partial charge in [0.2, 0.25) is 0 Å². The zero-order valence-electron chi connectivity index (χ0n) is 8.30. The third kappa shape index (κ3) is 3.88. The molecule has 0 radical (unpaired) electrons. The van der Waals surface area contributed by atoms with Crippen LogP contribution in [0.4, 0.5) is 0 Å². The second-order valence-electron chi connectivity index (χ2n) is 4.02. The van der Waals surface area contributed by atoms with Gasteiger partial charge in [0.1, 0.15) is 0 Å². The van der Waals surface area contributed by atoms with E-state index in [0.717, 1.165) is 5.25 Å². The van der Waals surface area contributed by atoms with Gasteiger partial charge in [-0.3, -0.25) is 0 Å². The van der Waals surface area contributed by atoms with Crippen molar-refractivity contribution in [3.05, 3.63) is 0 Å². The Morgan fingerprint density at radius 2 is 2.15 bits per heavy atom. The summed E-state index contributed by atoms with van der Waals surface area (Å²) in [5.41, 5.74) is 0. The van der Waals surface area contributed by atoms with Gasteiger partial charge in [0.25, 0.3) is 0 Å². The van der Waals surface area contributed by atoms with Crippen LogP contribution in [0, 0.1) is 0 Å². The maximum absolute atomic E-state index is 3.44. The Hall–Kier alpha value is 0.270. The van der Waals surface area contributed by atoms with Crippen LogP contribution >= 0.6 is 11.8 Å². The van der Waals surface area contributed by atoms with Gasteiger partial charge < -0.3 is 10.2 Å². The Bertz CT molecular complexity index is 140. The minimum atomic E-state index is 1.03. The van der Waals surface area contributed by atoms with Crippen LogP contribution < -0.4 is 5.32 Å². The van der Waals surface area contributed by atoms with E-state index in [-0.39, 0.29) is 0 Å². The third-order valence-electron chi connectivity index (χ3n) is 2.72. The predicted octanol–water partition coefficient (Wildman–Crippen LogP) is 1.18. The Kier molecular flexibility index (Phi) is 3.94. The molecule has 1 heterocycles. The first-order valence-corrected chi connectivity index (χ1v) is 6.55. The number of thioether (sulfide) groups is 1. The molecule has 2 fully saturated rings. The highest BCUT2D eigenvalue weighted by Crippen LogP contribution is 2.33. The van der Waals surface area contributed by atoms with Crippen molar-refractivity contribution in [2.24, 2.45) is 0 Å². The van der Waals surface area contributed by atoms with Crippen molar-refractivity contribution in [1.82, 2.24) is 10.2 Å². The van der Waals surface area contributed by atoms with Crippen LogP contribution in [0.1, 0.15) is 19.3 Å². The monoisotopic (exact) mass is 200 g/mol. The quantitative estimate of drug-likeness (QED) is 0.733. The average molecular weight is 200 g/mol. The zero-order chi connectivity index (χ0) is 8.93. The Morgan fingerprint density at radius 1 is 1.23 bits per heavy atom. The Balaban J connectivity index is 1.55. The second kappa shape index (κ2) is 5.23. The van der Waals surface area contributed by atoms with Crippen LogP contribution in [0.3, 0.4) is 0 Å². The van der Waals surface area contributed by atoms with Crippen LogP contribution in [0.2, 0.25) is 0 Å². The lowest BCUT2D eigenvalue weighted by molar-refractivity contribution is 0.311. The largest absolute Gasteiger partial charge is 0.315 e. The number of nitrogens with zero attached hydrogens (tertiary/aromatic N) is 1. The lowest BCUT2D eigenvalue weighted by atomic mass is 10.4. The molecule has 13 heavy (non-hydrogen) atoms. The molecule has 0 amide bonds. The molecular weight excluding hydrogens is 180 g/mol. The molecule has 0 aromatic heterocycles. The average Bonchev–Trinajstić information content (AvgIpc) is 2.91. The van der Waals surface area contributed by atoms with Gasteiger partial charge in [-0.1, -0.05) is 0 Å². The van der Waals surface area contributed by atoms with Crippen molar-refractivity contribution in [2.45, 2.75) is 24.5 Å². The molecule has 1 aliphatic carbocycles. The van der Waals surface area contributed by atoms with E-state index in [1.54, 1.807) is 0 Å². The van der Waals surface area contributed by atoms with Gasteiger partial charge in [0.15, 0.2) is 0 Å². The molecule has 0 unspecified atom stereocenters. The summed E-state index contributed by atoms with van der Waals surface area (Å²) in [5, 5.41) is 4.47. The summed E-state index contributed by atoms with van der Waals surface area (Å²) < 4.78 is 0. The summed E-state index contributed by atoms with van der Waals surface area (Å²) in [7, 11) is 0. The Labute approximate surface area is 85.4 Å². The fourth-order valence-electron chi connectivity index (χ4n) is 1.71. The van der Waals surface area contributed by atoms with Gasteiger partial charge in [-0.05, 0) is 32.4 Å². The molecule has 2 rings (SSSR count). The maximum atomic E-state index is 3.44. The Morgan fingerprint density at radius 3 is 3.00 bits per heavy atom. The molecule has 1 aliphatic heterocycles. The van der Waals surface area contributed by atoms with E-state index in [1.807, 2.05) is 0 Å². The molecule has 2 nitrogen and oxygen atoms in total. The first-order chi connectivity index (χ1) is 6.45. The third-order valence-corrected chi connectivity index (χ3v) is 4.08. The van der Waals surface area contributed by atoms with Gasteiger partial charge in [-0.2, -0.15) is 11.8 Å².